The molecule has 0 atom stereocenters. The Morgan fingerprint density at radius 3 is 1.94 bits per heavy atom. The van der Waals surface area contributed by atoms with Crippen LogP contribution < -0.4 is 15.5 Å². The number of amides is 1. The van der Waals surface area contributed by atoms with Gasteiger partial charge in [0.15, 0.2) is 0 Å². The Balaban J connectivity index is 1.70. The normalized spacial score (nSPS) is 10.4. The Morgan fingerprint density at radius 1 is 0.818 bits per heavy atom. The molecule has 0 aliphatic rings. The molecule has 0 aromatic heterocycles. The number of benzene rings is 3. The quantitative estimate of drug-likeness (QED) is 0.358. The van der Waals surface area contributed by atoms with Crippen LogP contribution in [0.4, 0.5) is 5.69 Å². The van der Waals surface area contributed by atoms with Crippen LogP contribution in [0.1, 0.15) is 42.2 Å². The molecule has 0 fully saturated rings. The molecule has 3 aromatic carbocycles. The first-order valence-corrected chi connectivity index (χ1v) is 9.86. The summed E-state index contributed by atoms with van der Waals surface area (Å²) in [5.74, 6) is -2.07. The number of carbonyl (C=O) groups is 3. The molecule has 33 heavy (non-hydrogen) atoms. The fraction of sp³-hybridized carbons (Fsp3) is 0.125. The van der Waals surface area contributed by atoms with Crippen molar-refractivity contribution in [3.05, 3.63) is 88.5 Å². The fourth-order valence-electron chi connectivity index (χ4n) is 2.99. The molecule has 170 valence electrons. The van der Waals surface area contributed by atoms with E-state index in [4.69, 9.17) is 9.57 Å². The number of hydrogen-bond acceptors (Lipinski definition) is 6. The van der Waals surface area contributed by atoms with E-state index < -0.39 is 23.4 Å². The smallest absolute Gasteiger partial charge is 0.336 e. The van der Waals surface area contributed by atoms with Crippen LogP contribution in [-0.2, 0) is 11.4 Å². The molecular formula is C24H22N2O7. The van der Waals surface area contributed by atoms with Crippen LogP contribution in [-0.4, -0.2) is 35.1 Å². The van der Waals surface area contributed by atoms with Crippen molar-refractivity contribution in [2.24, 2.45) is 0 Å². The second-order valence-electron chi connectivity index (χ2n) is 7.07. The van der Waals surface area contributed by atoms with E-state index in [-0.39, 0.29) is 23.3 Å². The molecular weight excluding hydrogens is 428 g/mol. The number of nitrogens with one attached hydrogen (secondary N) is 2. The molecule has 0 unspecified atom stereocenters. The summed E-state index contributed by atoms with van der Waals surface area (Å²) in [5.41, 5.74) is 3.69. The maximum absolute atomic E-state index is 12.1. The molecule has 0 bridgehead atoms. The van der Waals surface area contributed by atoms with Crippen molar-refractivity contribution in [3.63, 3.8) is 0 Å². The topological polar surface area (TPSA) is 134 Å². The standard InChI is InChI=1S/C24H22N2O7/c1-14-3-7-17(8-4-14)33-18-9-5-16(6-10-18)26-32-13-15-11-20(22(27)25-2)21(24(30)31)12-19(15)23(28)29/h3-12,26H,13H2,1-2H3,(H,25,27)(H,28,29)(H,30,31). The van der Waals surface area contributed by atoms with E-state index in [1.165, 1.54) is 13.1 Å². The number of carboxylic acids is 2. The predicted octanol–water partition coefficient (Wildman–Crippen LogP) is 4.09. The van der Waals surface area contributed by atoms with E-state index in [0.29, 0.717) is 17.2 Å². The minimum Gasteiger partial charge on any atom is -0.478 e. The Morgan fingerprint density at radius 2 is 1.39 bits per heavy atom. The Labute approximate surface area is 189 Å². The first-order chi connectivity index (χ1) is 15.8. The maximum atomic E-state index is 12.1. The lowest BCUT2D eigenvalue weighted by Crippen LogP contribution is -2.22. The zero-order chi connectivity index (χ0) is 24.0. The van der Waals surface area contributed by atoms with E-state index in [2.05, 4.69) is 10.8 Å². The van der Waals surface area contributed by atoms with Crippen LogP contribution in [0.2, 0.25) is 0 Å². The van der Waals surface area contributed by atoms with Gasteiger partial charge in [-0.3, -0.25) is 15.1 Å². The molecule has 0 aliphatic heterocycles. The van der Waals surface area contributed by atoms with E-state index in [0.717, 1.165) is 11.6 Å². The van der Waals surface area contributed by atoms with Gasteiger partial charge in [-0.05, 0) is 61.0 Å². The number of aryl methyl sites for hydroxylation is 1. The van der Waals surface area contributed by atoms with Crippen LogP contribution in [0.25, 0.3) is 0 Å². The molecule has 0 saturated heterocycles. The second-order valence-corrected chi connectivity index (χ2v) is 7.07. The number of carbonyl (C=O) groups excluding carboxylic acids is 1. The van der Waals surface area contributed by atoms with E-state index in [9.17, 15) is 24.6 Å². The third-order valence-corrected chi connectivity index (χ3v) is 4.70. The van der Waals surface area contributed by atoms with Crippen LogP contribution in [0.15, 0.2) is 60.7 Å². The fourth-order valence-corrected chi connectivity index (χ4v) is 2.99. The number of anilines is 1. The molecule has 1 amide bonds. The van der Waals surface area contributed by atoms with Gasteiger partial charge in [0.05, 0.1) is 22.4 Å². The van der Waals surface area contributed by atoms with Crippen LogP contribution in [0.5, 0.6) is 11.5 Å². The van der Waals surface area contributed by atoms with Gasteiger partial charge in [-0.15, -0.1) is 0 Å². The van der Waals surface area contributed by atoms with Gasteiger partial charge in [-0.2, -0.15) is 0 Å². The molecule has 0 heterocycles. The Hall–Kier alpha value is -4.37. The molecule has 3 aromatic rings. The third kappa shape index (κ3) is 5.86. The van der Waals surface area contributed by atoms with Gasteiger partial charge < -0.3 is 20.3 Å². The average Bonchev–Trinajstić information content (AvgIpc) is 2.80. The lowest BCUT2D eigenvalue weighted by Gasteiger charge is -2.13. The minimum atomic E-state index is -1.41. The highest BCUT2D eigenvalue weighted by atomic mass is 16.6. The molecule has 4 N–H and O–H groups in total. The van der Waals surface area contributed by atoms with Crippen LogP contribution in [0.3, 0.4) is 0 Å². The van der Waals surface area contributed by atoms with Crippen molar-refractivity contribution in [3.8, 4) is 11.5 Å². The van der Waals surface area contributed by atoms with E-state index in [1.54, 1.807) is 24.3 Å². The molecule has 0 saturated carbocycles. The van der Waals surface area contributed by atoms with Crippen molar-refractivity contribution in [2.75, 3.05) is 12.5 Å². The summed E-state index contributed by atoms with van der Waals surface area (Å²) in [7, 11) is 1.35. The van der Waals surface area contributed by atoms with Gasteiger partial charge in [0.25, 0.3) is 5.91 Å². The average molecular weight is 450 g/mol. The zero-order valence-corrected chi connectivity index (χ0v) is 17.9. The van der Waals surface area contributed by atoms with Crippen molar-refractivity contribution < 1.29 is 34.2 Å². The Kier molecular flexibility index (Phi) is 7.27. The lowest BCUT2D eigenvalue weighted by molar-refractivity contribution is 0.0689. The van der Waals surface area contributed by atoms with Gasteiger partial charge in [0.2, 0.25) is 0 Å². The van der Waals surface area contributed by atoms with Gasteiger partial charge in [0.1, 0.15) is 18.1 Å². The highest BCUT2D eigenvalue weighted by Gasteiger charge is 2.22. The molecule has 9 nitrogen and oxygen atoms in total. The predicted molar refractivity (Wildman–Crippen MR) is 120 cm³/mol. The van der Waals surface area contributed by atoms with Crippen LogP contribution in [0, 0.1) is 6.92 Å². The van der Waals surface area contributed by atoms with Crippen molar-refractivity contribution in [1.29, 1.82) is 0 Å². The lowest BCUT2D eigenvalue weighted by atomic mass is 9.98. The highest BCUT2D eigenvalue weighted by molar-refractivity contribution is 6.06. The molecule has 0 radical (unpaired) electrons. The van der Waals surface area contributed by atoms with Crippen molar-refractivity contribution in [2.45, 2.75) is 13.5 Å². The number of ether oxygens (including phenoxy) is 1. The summed E-state index contributed by atoms with van der Waals surface area (Å²) in [6, 6.07) is 16.7. The van der Waals surface area contributed by atoms with Gasteiger partial charge >= 0.3 is 11.9 Å². The van der Waals surface area contributed by atoms with Crippen LogP contribution >= 0.6 is 0 Å². The minimum absolute atomic E-state index is 0.137. The first kappa shape index (κ1) is 23.3. The number of carboxylic acid groups (broad SMARTS) is 2. The highest BCUT2D eigenvalue weighted by Crippen LogP contribution is 2.24. The summed E-state index contributed by atoms with van der Waals surface area (Å²) in [5, 5.41) is 21.1. The van der Waals surface area contributed by atoms with Gasteiger partial charge in [-0.1, -0.05) is 17.7 Å². The summed E-state index contributed by atoms with van der Waals surface area (Å²) >= 11 is 0. The number of hydrogen-bond donors (Lipinski definition) is 4. The summed E-state index contributed by atoms with van der Waals surface area (Å²) in [6.07, 6.45) is 0. The van der Waals surface area contributed by atoms with Crippen molar-refractivity contribution >= 4 is 23.5 Å². The van der Waals surface area contributed by atoms with Crippen molar-refractivity contribution in [1.82, 2.24) is 5.32 Å². The summed E-state index contributed by atoms with van der Waals surface area (Å²) < 4.78 is 5.76. The molecule has 0 spiro atoms. The third-order valence-electron chi connectivity index (χ3n) is 4.70. The maximum Gasteiger partial charge on any atom is 0.336 e. The summed E-state index contributed by atoms with van der Waals surface area (Å²) in [4.78, 5) is 40.5. The second kappa shape index (κ2) is 10.3. The molecule has 3 rings (SSSR count). The number of rotatable bonds is 9. The molecule has 9 heteroatoms. The number of aromatic carboxylic acids is 2. The molecule has 0 aliphatic carbocycles. The van der Waals surface area contributed by atoms with E-state index in [1.807, 2.05) is 31.2 Å². The van der Waals surface area contributed by atoms with Gasteiger partial charge in [0, 0.05) is 7.05 Å². The first-order valence-electron chi connectivity index (χ1n) is 9.86. The zero-order valence-electron chi connectivity index (χ0n) is 17.9. The monoisotopic (exact) mass is 450 g/mol. The van der Waals surface area contributed by atoms with E-state index >= 15 is 0 Å². The summed E-state index contributed by atoms with van der Waals surface area (Å²) in [6.45, 7) is 1.76. The Bertz CT molecular complexity index is 1170. The van der Waals surface area contributed by atoms with Gasteiger partial charge in [-0.25, -0.2) is 9.59 Å². The largest absolute Gasteiger partial charge is 0.478 e. The SMILES string of the molecule is CNC(=O)c1cc(CONc2ccc(Oc3ccc(C)cc3)cc2)c(C(=O)O)cc1C(=O)O.